The van der Waals surface area contributed by atoms with Gasteiger partial charge >= 0.3 is 0 Å². The quantitative estimate of drug-likeness (QED) is 0.617. The molecule has 0 aromatic carbocycles. The van der Waals surface area contributed by atoms with Crippen LogP contribution in [0, 0.1) is 18.3 Å². The van der Waals surface area contributed by atoms with Gasteiger partial charge < -0.3 is 0 Å². The van der Waals surface area contributed by atoms with Crippen LogP contribution in [0.3, 0.4) is 0 Å². The summed E-state index contributed by atoms with van der Waals surface area (Å²) in [6.45, 7) is 9.87. The maximum Gasteiger partial charge on any atom is 0.103 e. The summed E-state index contributed by atoms with van der Waals surface area (Å²) in [6.07, 6.45) is 1.56. The third-order valence-electron chi connectivity index (χ3n) is 1.36. The Balaban J connectivity index is 0. The first-order chi connectivity index (χ1) is 6.25. The first kappa shape index (κ1) is 14.2. The highest BCUT2D eigenvalue weighted by Crippen LogP contribution is 2.01. The van der Waals surface area contributed by atoms with E-state index in [1.165, 1.54) is 0 Å². The fraction of sp³-hybridized carbons (Fsp3) is 0.600. The molecule has 3 nitrogen and oxygen atoms in total. The molecule has 0 N–H and O–H groups in total. The fourth-order valence-corrected chi connectivity index (χ4v) is 0.608. The van der Waals surface area contributed by atoms with Crippen molar-refractivity contribution in [3.63, 3.8) is 0 Å². The predicted octanol–water partition coefficient (Wildman–Crippen LogP) is 2.65. The zero-order valence-corrected chi connectivity index (χ0v) is 9.42. The van der Waals surface area contributed by atoms with E-state index in [-0.39, 0.29) is 0 Å². The molecule has 3 heteroatoms. The van der Waals surface area contributed by atoms with Crippen molar-refractivity contribution < 1.29 is 0 Å². The van der Waals surface area contributed by atoms with Crippen LogP contribution >= 0.6 is 0 Å². The number of aromatic nitrogens is 2. The first-order valence-corrected chi connectivity index (χ1v) is 4.64. The van der Waals surface area contributed by atoms with Crippen LogP contribution < -0.4 is 0 Å². The minimum atomic E-state index is 0.650. The summed E-state index contributed by atoms with van der Waals surface area (Å²) in [7, 11) is 1.82. The second kappa shape index (κ2) is 8.79. The zero-order chi connectivity index (χ0) is 10.9. The van der Waals surface area contributed by atoms with Gasteiger partial charge in [-0.25, -0.2) is 0 Å². The van der Waals surface area contributed by atoms with Crippen molar-refractivity contribution in [1.82, 2.24) is 9.78 Å². The number of aryl methyl sites for hydroxylation is 1. The lowest BCUT2D eigenvalue weighted by Gasteiger charge is -1.89. The first-order valence-electron chi connectivity index (χ1n) is 4.64. The van der Waals surface area contributed by atoms with Crippen molar-refractivity contribution in [3.05, 3.63) is 17.5 Å². The molecule has 1 aromatic rings. The molecule has 0 bridgehead atoms. The summed E-state index contributed by atoms with van der Waals surface area (Å²) in [5.74, 6) is 0. The summed E-state index contributed by atoms with van der Waals surface area (Å²) < 4.78 is 1.68. The van der Waals surface area contributed by atoms with Gasteiger partial charge in [-0.15, -0.1) is 0 Å². The molecule has 1 aromatic heterocycles. The molecular weight excluding hydrogens is 162 g/mol. The summed E-state index contributed by atoms with van der Waals surface area (Å²) >= 11 is 0. The van der Waals surface area contributed by atoms with Crippen LogP contribution in [-0.4, -0.2) is 9.78 Å². The second-order valence-electron chi connectivity index (χ2n) is 1.88. The Morgan fingerprint density at radius 1 is 1.31 bits per heavy atom. The number of nitrogens with zero attached hydrogens (tertiary/aromatic N) is 3. The minimum Gasteiger partial charge on any atom is -0.272 e. The van der Waals surface area contributed by atoms with Gasteiger partial charge in [-0.3, -0.25) is 4.68 Å². The molecule has 0 radical (unpaired) electrons. The minimum absolute atomic E-state index is 0.650. The van der Waals surface area contributed by atoms with Crippen molar-refractivity contribution in [3.8, 4) is 6.07 Å². The number of rotatable bonds is 0. The van der Waals surface area contributed by atoms with Crippen LogP contribution in [0.4, 0.5) is 0 Å². The predicted molar refractivity (Wildman–Crippen MR) is 55.4 cm³/mol. The molecule has 1 heterocycles. The highest BCUT2D eigenvalue weighted by molar-refractivity contribution is 5.29. The zero-order valence-electron chi connectivity index (χ0n) is 9.42. The van der Waals surface area contributed by atoms with Gasteiger partial charge in [-0.1, -0.05) is 27.7 Å². The van der Waals surface area contributed by atoms with Gasteiger partial charge in [0.2, 0.25) is 0 Å². The molecule has 1 rings (SSSR count). The Hall–Kier alpha value is -1.30. The molecule has 0 saturated carbocycles. The normalized spacial score (nSPS) is 7.15. The van der Waals surface area contributed by atoms with Crippen LogP contribution in [0.2, 0.25) is 0 Å². The van der Waals surface area contributed by atoms with Gasteiger partial charge in [0.1, 0.15) is 6.07 Å². The van der Waals surface area contributed by atoms with Crippen LogP contribution in [-0.2, 0) is 7.05 Å². The highest BCUT2D eigenvalue weighted by atomic mass is 15.3. The van der Waals surface area contributed by atoms with Crippen LogP contribution in [0.15, 0.2) is 6.20 Å². The third kappa shape index (κ3) is 4.32. The number of nitriles is 1. The molecular formula is C10H19N3. The van der Waals surface area contributed by atoms with E-state index in [4.69, 9.17) is 5.26 Å². The summed E-state index contributed by atoms with van der Waals surface area (Å²) in [4.78, 5) is 0. The Labute approximate surface area is 81.0 Å². The molecule has 0 aliphatic heterocycles. The van der Waals surface area contributed by atoms with Crippen LogP contribution in [0.5, 0.6) is 0 Å². The summed E-state index contributed by atoms with van der Waals surface area (Å²) in [5, 5.41) is 12.3. The van der Waals surface area contributed by atoms with Gasteiger partial charge in [0.25, 0.3) is 0 Å². The number of hydrogen-bond donors (Lipinski definition) is 0. The molecule has 0 unspecified atom stereocenters. The standard InChI is InChI=1S/C6H7N3.2C2H6/c1-5-6(3-7)4-8-9(5)2;2*1-2/h4H,1-2H3;2*1-2H3. The molecule has 0 saturated heterocycles. The molecule has 0 fully saturated rings. The van der Waals surface area contributed by atoms with E-state index in [0.29, 0.717) is 5.56 Å². The largest absolute Gasteiger partial charge is 0.272 e. The maximum atomic E-state index is 8.43. The van der Waals surface area contributed by atoms with E-state index in [2.05, 4.69) is 5.10 Å². The summed E-state index contributed by atoms with van der Waals surface area (Å²) in [6, 6.07) is 2.03. The Kier molecular flexibility index (Phi) is 9.63. The third-order valence-corrected chi connectivity index (χ3v) is 1.36. The summed E-state index contributed by atoms with van der Waals surface area (Å²) in [5.41, 5.74) is 1.56. The molecule has 0 aliphatic carbocycles. The van der Waals surface area contributed by atoms with Crippen molar-refractivity contribution >= 4 is 0 Å². The van der Waals surface area contributed by atoms with Crippen molar-refractivity contribution in [2.45, 2.75) is 34.6 Å². The monoisotopic (exact) mass is 181 g/mol. The van der Waals surface area contributed by atoms with Gasteiger partial charge in [0.15, 0.2) is 0 Å². The lowest BCUT2D eigenvalue weighted by Crippen LogP contribution is -1.92. The van der Waals surface area contributed by atoms with Gasteiger partial charge in [0.05, 0.1) is 17.5 Å². The fourth-order valence-electron chi connectivity index (χ4n) is 0.608. The molecule has 0 amide bonds. The highest BCUT2D eigenvalue weighted by Gasteiger charge is 1.99. The van der Waals surface area contributed by atoms with E-state index >= 15 is 0 Å². The Bertz CT molecular complexity index is 256. The molecule has 0 atom stereocenters. The van der Waals surface area contributed by atoms with Crippen LogP contribution in [0.1, 0.15) is 39.0 Å². The SMILES string of the molecule is CC.CC.Cc1c(C#N)cnn1C. The average Bonchev–Trinajstić information content (AvgIpc) is 2.54. The van der Waals surface area contributed by atoms with Gasteiger partial charge in [0, 0.05) is 7.05 Å². The van der Waals surface area contributed by atoms with Crippen molar-refractivity contribution in [1.29, 1.82) is 5.26 Å². The lowest BCUT2D eigenvalue weighted by atomic mass is 10.3. The van der Waals surface area contributed by atoms with E-state index < -0.39 is 0 Å². The van der Waals surface area contributed by atoms with E-state index in [1.54, 1.807) is 10.9 Å². The molecule has 0 spiro atoms. The maximum absolute atomic E-state index is 8.43. The average molecular weight is 181 g/mol. The second-order valence-corrected chi connectivity index (χ2v) is 1.88. The van der Waals surface area contributed by atoms with E-state index in [1.807, 2.05) is 47.7 Å². The van der Waals surface area contributed by atoms with E-state index in [0.717, 1.165) is 5.69 Å². The lowest BCUT2D eigenvalue weighted by molar-refractivity contribution is 0.739. The topological polar surface area (TPSA) is 41.6 Å². The number of hydrogen-bond acceptors (Lipinski definition) is 2. The Morgan fingerprint density at radius 2 is 1.77 bits per heavy atom. The Morgan fingerprint density at radius 3 is 1.92 bits per heavy atom. The molecule has 13 heavy (non-hydrogen) atoms. The van der Waals surface area contributed by atoms with Gasteiger partial charge in [-0.05, 0) is 6.92 Å². The van der Waals surface area contributed by atoms with Crippen molar-refractivity contribution in [2.24, 2.45) is 7.05 Å². The molecule has 0 aliphatic rings. The van der Waals surface area contributed by atoms with Gasteiger partial charge in [-0.2, -0.15) is 10.4 Å². The smallest absolute Gasteiger partial charge is 0.103 e. The van der Waals surface area contributed by atoms with E-state index in [9.17, 15) is 0 Å². The van der Waals surface area contributed by atoms with Crippen molar-refractivity contribution in [2.75, 3.05) is 0 Å². The van der Waals surface area contributed by atoms with Crippen LogP contribution in [0.25, 0.3) is 0 Å². The molecule has 74 valence electrons.